The Hall–Kier alpha value is -6.90. The summed E-state index contributed by atoms with van der Waals surface area (Å²) in [6, 6.07) is 64.6. The van der Waals surface area contributed by atoms with Gasteiger partial charge < -0.3 is 0 Å². The highest BCUT2D eigenvalue weighted by atomic mass is 14.9. The predicted octanol–water partition coefficient (Wildman–Crippen LogP) is 13.0. The molecule has 0 N–H and O–H groups in total. The lowest BCUT2D eigenvalue weighted by atomic mass is 9.61. The fourth-order valence-corrected chi connectivity index (χ4v) is 9.61. The normalized spacial score (nSPS) is 15.5. The molecule has 1 heterocycles. The molecule has 0 aliphatic heterocycles. The van der Waals surface area contributed by atoms with E-state index < -0.39 is 0 Å². The molecule has 3 aliphatic rings. The van der Waals surface area contributed by atoms with E-state index in [1.54, 1.807) is 0 Å². The molecule has 11 rings (SSSR count). The minimum Gasteiger partial charge on any atom is -0.232 e. The van der Waals surface area contributed by atoms with E-state index in [4.69, 9.17) is 9.97 Å². The summed E-state index contributed by atoms with van der Waals surface area (Å²) in [6.07, 6.45) is 10.5. The van der Waals surface area contributed by atoms with E-state index in [1.165, 1.54) is 61.2 Å². The largest absolute Gasteiger partial charge is 0.232 e. The fourth-order valence-electron chi connectivity index (χ4n) is 9.61. The summed E-state index contributed by atoms with van der Waals surface area (Å²) in [5.74, 6) is 0.980. The maximum atomic E-state index is 5.16. The molecule has 7 aromatic carbocycles. The van der Waals surface area contributed by atoms with Crippen molar-refractivity contribution >= 4 is 0 Å². The van der Waals surface area contributed by atoms with Crippen molar-refractivity contribution in [1.82, 2.24) is 9.97 Å². The van der Waals surface area contributed by atoms with Crippen LogP contribution in [0.25, 0.3) is 56.0 Å². The first kappa shape index (κ1) is 32.5. The van der Waals surface area contributed by atoms with Gasteiger partial charge in [0.05, 0.1) is 16.8 Å². The monoisotopic (exact) mass is 714 g/mol. The highest BCUT2D eigenvalue weighted by molar-refractivity contribution is 5.89. The predicted molar refractivity (Wildman–Crippen MR) is 230 cm³/mol. The van der Waals surface area contributed by atoms with E-state index in [9.17, 15) is 0 Å². The third-order valence-corrected chi connectivity index (χ3v) is 12.1. The minimum absolute atomic E-state index is 0.227. The van der Waals surface area contributed by atoms with Crippen LogP contribution in [0.4, 0.5) is 0 Å². The molecule has 0 saturated carbocycles. The van der Waals surface area contributed by atoms with Crippen molar-refractivity contribution in [2.24, 2.45) is 0 Å². The van der Waals surface area contributed by atoms with Crippen LogP contribution >= 0.6 is 0 Å². The zero-order valence-electron chi connectivity index (χ0n) is 30.9. The molecule has 264 valence electrons. The molecule has 1 atom stereocenters. The molecule has 1 aromatic heterocycles. The number of allylic oxidation sites excluding steroid dienone is 4. The van der Waals surface area contributed by atoms with Crippen LogP contribution in [0, 0.1) is 0 Å². The number of aromatic nitrogens is 2. The molecule has 0 saturated heterocycles. The Balaban J connectivity index is 0.992. The molecule has 1 unspecified atom stereocenters. The van der Waals surface area contributed by atoms with Crippen LogP contribution in [0.2, 0.25) is 0 Å². The maximum absolute atomic E-state index is 5.16. The smallest absolute Gasteiger partial charge is 0.160 e. The zero-order valence-corrected chi connectivity index (χ0v) is 30.9. The van der Waals surface area contributed by atoms with Gasteiger partial charge in [-0.2, -0.15) is 0 Å². The van der Waals surface area contributed by atoms with Crippen LogP contribution in [0.1, 0.15) is 51.4 Å². The van der Waals surface area contributed by atoms with Crippen molar-refractivity contribution < 1.29 is 0 Å². The second-order valence-corrected chi connectivity index (χ2v) is 15.2. The molecule has 0 fully saturated rings. The lowest BCUT2D eigenvalue weighted by Crippen LogP contribution is -2.34. The first-order valence-corrected chi connectivity index (χ1v) is 19.6. The summed E-state index contributed by atoms with van der Waals surface area (Å²) in [5, 5.41) is 0. The Bertz CT molecular complexity index is 2820. The van der Waals surface area contributed by atoms with Crippen LogP contribution in [-0.4, -0.2) is 9.97 Å². The van der Waals surface area contributed by atoms with Crippen molar-refractivity contribution in [3.05, 3.63) is 239 Å². The van der Waals surface area contributed by atoms with E-state index in [0.717, 1.165) is 46.7 Å². The Morgan fingerprint density at radius 3 is 1.84 bits per heavy atom. The van der Waals surface area contributed by atoms with Crippen LogP contribution in [0.5, 0.6) is 0 Å². The van der Waals surface area contributed by atoms with Crippen LogP contribution in [-0.2, 0) is 11.8 Å². The van der Waals surface area contributed by atoms with Gasteiger partial charge in [0.2, 0.25) is 0 Å². The van der Waals surface area contributed by atoms with Gasteiger partial charge in [-0.15, -0.1) is 0 Å². The number of hydrogen-bond acceptors (Lipinski definition) is 2. The maximum Gasteiger partial charge on any atom is 0.160 e. The molecule has 1 spiro atoms. The summed E-state index contributed by atoms with van der Waals surface area (Å²) in [4.78, 5) is 10.3. The SMILES string of the molecule is C1=CCC(c2cc(-c3ccccc3)nc(-c3cccc(-c4ccc(-c5cccc6c5Cc5ccccc5C65c6ccccc6-c6ccccc65)cc4)c3)n2)C=C1. The molecule has 2 heteroatoms. The van der Waals surface area contributed by atoms with Gasteiger partial charge in [-0.25, -0.2) is 9.97 Å². The second kappa shape index (κ2) is 13.1. The molecule has 0 bridgehead atoms. The van der Waals surface area contributed by atoms with Crippen molar-refractivity contribution in [3.8, 4) is 56.0 Å². The fraction of sp³-hybridized carbons (Fsp3) is 0.0741. The molecule has 2 nitrogen and oxygen atoms in total. The van der Waals surface area contributed by atoms with E-state index >= 15 is 0 Å². The highest BCUT2D eigenvalue weighted by Gasteiger charge is 2.49. The average Bonchev–Trinajstić information content (AvgIpc) is 3.57. The van der Waals surface area contributed by atoms with Crippen molar-refractivity contribution in [2.75, 3.05) is 0 Å². The quantitative estimate of drug-likeness (QED) is 0.177. The number of nitrogens with zero attached hydrogens (tertiary/aromatic N) is 2. The Morgan fingerprint density at radius 1 is 0.446 bits per heavy atom. The number of rotatable bonds is 5. The standard InChI is InChI=1S/C54H38N2/c1-3-15-38(16-4-1)51-35-52(39-17-5-2-6-18-39)56-53(55-51)42-21-13-20-40(33-42)36-29-31-37(32-30-36)43-24-14-28-50-46(43)34-41-19-7-10-25-47(41)54(50)48-26-11-8-22-44(48)45-23-9-12-27-49(45)54/h1-17,19-33,35,39H,18,34H2. The second-order valence-electron chi connectivity index (χ2n) is 15.2. The van der Waals surface area contributed by atoms with Gasteiger partial charge in [-0.3, -0.25) is 0 Å². The molecule has 8 aromatic rings. The van der Waals surface area contributed by atoms with Crippen molar-refractivity contribution in [3.63, 3.8) is 0 Å². The van der Waals surface area contributed by atoms with Gasteiger partial charge in [0, 0.05) is 17.0 Å². The molecular weight excluding hydrogens is 677 g/mol. The summed E-state index contributed by atoms with van der Waals surface area (Å²) in [6.45, 7) is 0. The van der Waals surface area contributed by atoms with E-state index in [0.29, 0.717) is 0 Å². The van der Waals surface area contributed by atoms with Crippen molar-refractivity contribution in [1.29, 1.82) is 0 Å². The van der Waals surface area contributed by atoms with Gasteiger partial charge in [0.25, 0.3) is 0 Å². The number of fused-ring (bicyclic) bond motifs is 9. The summed E-state index contributed by atoms with van der Waals surface area (Å²) in [7, 11) is 0. The average molecular weight is 715 g/mol. The topological polar surface area (TPSA) is 25.8 Å². The Morgan fingerprint density at radius 2 is 1.07 bits per heavy atom. The van der Waals surface area contributed by atoms with E-state index in [-0.39, 0.29) is 11.3 Å². The van der Waals surface area contributed by atoms with Crippen LogP contribution in [0.15, 0.2) is 200 Å². The van der Waals surface area contributed by atoms with E-state index in [2.05, 4.69) is 194 Å². The molecular formula is C54H38N2. The molecule has 56 heavy (non-hydrogen) atoms. The third kappa shape index (κ3) is 5.10. The summed E-state index contributed by atoms with van der Waals surface area (Å²) >= 11 is 0. The zero-order chi connectivity index (χ0) is 37.1. The van der Waals surface area contributed by atoms with E-state index in [1.807, 2.05) is 6.07 Å². The number of benzene rings is 7. The first-order valence-electron chi connectivity index (χ1n) is 19.6. The van der Waals surface area contributed by atoms with Crippen LogP contribution < -0.4 is 0 Å². The first-order chi connectivity index (χ1) is 27.8. The Kier molecular flexibility index (Phi) is 7.63. The summed E-state index contributed by atoms with van der Waals surface area (Å²) in [5.41, 5.74) is 19.6. The summed E-state index contributed by atoms with van der Waals surface area (Å²) < 4.78 is 0. The van der Waals surface area contributed by atoms with Gasteiger partial charge in [-0.1, -0.05) is 188 Å². The van der Waals surface area contributed by atoms with Gasteiger partial charge in [0.1, 0.15) is 0 Å². The van der Waals surface area contributed by atoms with Crippen LogP contribution in [0.3, 0.4) is 0 Å². The molecule has 0 amide bonds. The number of hydrogen-bond donors (Lipinski definition) is 0. The lowest BCUT2D eigenvalue weighted by molar-refractivity contribution is 0.723. The Labute approximate surface area is 328 Å². The highest BCUT2D eigenvalue weighted by Crippen LogP contribution is 2.60. The van der Waals surface area contributed by atoms with Gasteiger partial charge >= 0.3 is 0 Å². The van der Waals surface area contributed by atoms with Gasteiger partial charge in [-0.05, 0) is 91.7 Å². The van der Waals surface area contributed by atoms with Crippen molar-refractivity contribution in [2.45, 2.75) is 24.2 Å². The van der Waals surface area contributed by atoms with Gasteiger partial charge in [0.15, 0.2) is 5.82 Å². The third-order valence-electron chi connectivity index (χ3n) is 12.1. The molecule has 0 radical (unpaired) electrons. The lowest BCUT2D eigenvalue weighted by Gasteiger charge is -2.41. The molecule has 3 aliphatic carbocycles. The minimum atomic E-state index is -0.364.